The quantitative estimate of drug-likeness (QED) is 0.740. The second-order valence-corrected chi connectivity index (χ2v) is 7.11. The van der Waals surface area contributed by atoms with Crippen molar-refractivity contribution in [3.8, 4) is 11.5 Å². The van der Waals surface area contributed by atoms with Gasteiger partial charge in [0.05, 0.1) is 26.2 Å². The molecule has 0 fully saturated rings. The summed E-state index contributed by atoms with van der Waals surface area (Å²) in [6.07, 6.45) is 0. The van der Waals surface area contributed by atoms with Gasteiger partial charge in [-0.05, 0) is 24.3 Å². The van der Waals surface area contributed by atoms with E-state index in [9.17, 15) is 13.2 Å². The van der Waals surface area contributed by atoms with Crippen LogP contribution in [-0.2, 0) is 14.9 Å². The number of nitrogens with one attached hydrogen (secondary N) is 1. The van der Waals surface area contributed by atoms with Crippen molar-refractivity contribution in [3.63, 3.8) is 0 Å². The van der Waals surface area contributed by atoms with Crippen LogP contribution in [0.15, 0.2) is 47.4 Å². The number of ether oxygens (including phenoxy) is 2. The molecule has 0 unspecified atom stereocenters. The number of carbonyl (C=O) groups excluding carboxylic acids is 1. The van der Waals surface area contributed by atoms with E-state index in [1.165, 1.54) is 52.6 Å². The van der Waals surface area contributed by atoms with Gasteiger partial charge in [0, 0.05) is 36.5 Å². The van der Waals surface area contributed by atoms with Gasteiger partial charge in [-0.2, -0.15) is 0 Å². The Labute approximate surface area is 152 Å². The summed E-state index contributed by atoms with van der Waals surface area (Å²) in [5, 5.41) is 2.72. The molecule has 0 atom stereocenters. The maximum Gasteiger partial charge on any atom is 0.264 e. The van der Waals surface area contributed by atoms with Gasteiger partial charge >= 0.3 is 0 Å². The van der Waals surface area contributed by atoms with Crippen LogP contribution in [0, 0.1) is 0 Å². The van der Waals surface area contributed by atoms with E-state index in [1.54, 1.807) is 18.2 Å². The van der Waals surface area contributed by atoms with Crippen molar-refractivity contribution in [1.29, 1.82) is 0 Å². The molecule has 0 aliphatic carbocycles. The minimum atomic E-state index is -3.76. The molecule has 0 aliphatic rings. The Bertz CT molecular complexity index is 858. The van der Waals surface area contributed by atoms with E-state index in [0.29, 0.717) is 22.7 Å². The fourth-order valence-corrected chi connectivity index (χ4v) is 3.08. The molecule has 1 N–H and O–H groups in total. The van der Waals surface area contributed by atoms with Crippen LogP contribution in [0.1, 0.15) is 10.4 Å². The van der Waals surface area contributed by atoms with Crippen molar-refractivity contribution in [2.75, 3.05) is 33.7 Å². The maximum atomic E-state index is 12.4. The topological polar surface area (TPSA) is 94.2 Å². The summed E-state index contributed by atoms with van der Waals surface area (Å²) in [6.45, 7) is 0. The third-order valence-electron chi connectivity index (χ3n) is 3.62. The first kappa shape index (κ1) is 19.7. The van der Waals surface area contributed by atoms with Gasteiger partial charge in [-0.1, -0.05) is 4.47 Å². The molecular formula is C17H20N2O6S. The molecule has 0 aliphatic heterocycles. The standard InChI is InChI=1S/C17H20N2O6S/c1-19(25-4)26(21,22)16-7-5-12(6-8-16)17(20)18-13-9-14(23-2)11-15(10-13)24-3/h5-11H,1-4H3,(H,18,20). The Hall–Kier alpha value is -2.62. The highest BCUT2D eigenvalue weighted by Crippen LogP contribution is 2.26. The first-order valence-corrected chi connectivity index (χ1v) is 8.93. The van der Waals surface area contributed by atoms with E-state index in [0.717, 1.165) is 4.47 Å². The van der Waals surface area contributed by atoms with E-state index in [1.807, 2.05) is 0 Å². The summed E-state index contributed by atoms with van der Waals surface area (Å²) >= 11 is 0. The normalized spacial score (nSPS) is 11.3. The highest BCUT2D eigenvalue weighted by molar-refractivity contribution is 7.89. The average Bonchev–Trinajstić information content (AvgIpc) is 2.66. The summed E-state index contributed by atoms with van der Waals surface area (Å²) in [5.74, 6) is 0.664. The molecule has 1 amide bonds. The first-order chi connectivity index (χ1) is 12.3. The second-order valence-electron chi connectivity index (χ2n) is 5.18. The number of hydrogen-bond donors (Lipinski definition) is 1. The van der Waals surface area contributed by atoms with Crippen LogP contribution in [0.3, 0.4) is 0 Å². The smallest absolute Gasteiger partial charge is 0.264 e. The van der Waals surface area contributed by atoms with Gasteiger partial charge in [0.25, 0.3) is 15.9 Å². The number of carbonyl (C=O) groups is 1. The van der Waals surface area contributed by atoms with Gasteiger partial charge in [-0.25, -0.2) is 8.42 Å². The van der Waals surface area contributed by atoms with Crippen LogP contribution < -0.4 is 14.8 Å². The zero-order chi connectivity index (χ0) is 19.3. The zero-order valence-corrected chi connectivity index (χ0v) is 15.7. The molecule has 26 heavy (non-hydrogen) atoms. The number of sulfonamides is 1. The predicted octanol–water partition coefficient (Wildman–Crippen LogP) is 2.14. The number of hydrogen-bond acceptors (Lipinski definition) is 6. The monoisotopic (exact) mass is 380 g/mol. The summed E-state index contributed by atoms with van der Waals surface area (Å²) in [6, 6.07) is 10.5. The lowest BCUT2D eigenvalue weighted by molar-refractivity contribution is -0.0258. The summed E-state index contributed by atoms with van der Waals surface area (Å²) in [4.78, 5) is 17.1. The van der Waals surface area contributed by atoms with Gasteiger partial charge in [-0.3, -0.25) is 9.63 Å². The van der Waals surface area contributed by atoms with E-state index < -0.39 is 15.9 Å². The largest absolute Gasteiger partial charge is 0.497 e. The first-order valence-electron chi connectivity index (χ1n) is 7.49. The number of nitrogens with zero attached hydrogens (tertiary/aromatic N) is 1. The van der Waals surface area contributed by atoms with Gasteiger partial charge in [-0.15, -0.1) is 0 Å². The number of rotatable bonds is 7. The minimum Gasteiger partial charge on any atom is -0.497 e. The molecule has 0 aromatic heterocycles. The SMILES string of the molecule is COc1cc(NC(=O)c2ccc(S(=O)(=O)N(C)OC)cc2)cc(OC)c1. The second kappa shape index (κ2) is 8.17. The Morgan fingerprint density at radius 3 is 1.96 bits per heavy atom. The molecule has 9 heteroatoms. The van der Waals surface area contributed by atoms with Crippen LogP contribution in [-0.4, -0.2) is 47.2 Å². The van der Waals surface area contributed by atoms with Crippen LogP contribution in [0.25, 0.3) is 0 Å². The fourth-order valence-electron chi connectivity index (χ4n) is 2.11. The summed E-state index contributed by atoms with van der Waals surface area (Å²) < 4.78 is 35.4. The number of methoxy groups -OCH3 is 2. The lowest BCUT2D eigenvalue weighted by Gasteiger charge is -2.14. The molecule has 140 valence electrons. The van der Waals surface area contributed by atoms with Crippen LogP contribution >= 0.6 is 0 Å². The van der Waals surface area contributed by atoms with Crippen LogP contribution in [0.5, 0.6) is 11.5 Å². The van der Waals surface area contributed by atoms with Crippen molar-refractivity contribution < 1.29 is 27.5 Å². The lowest BCUT2D eigenvalue weighted by Crippen LogP contribution is -2.25. The number of hydroxylamine groups is 1. The molecule has 0 bridgehead atoms. The Morgan fingerprint density at radius 2 is 1.50 bits per heavy atom. The molecule has 8 nitrogen and oxygen atoms in total. The predicted molar refractivity (Wildman–Crippen MR) is 95.9 cm³/mol. The molecule has 0 saturated heterocycles. The number of amides is 1. The van der Waals surface area contributed by atoms with Crippen LogP contribution in [0.4, 0.5) is 5.69 Å². The zero-order valence-electron chi connectivity index (χ0n) is 14.8. The third-order valence-corrected chi connectivity index (χ3v) is 5.31. The van der Waals surface area contributed by atoms with E-state index >= 15 is 0 Å². The maximum absolute atomic E-state index is 12.4. The average molecular weight is 380 g/mol. The molecule has 0 heterocycles. The fraction of sp³-hybridized carbons (Fsp3) is 0.235. The van der Waals surface area contributed by atoms with E-state index in [-0.39, 0.29) is 4.90 Å². The third kappa shape index (κ3) is 4.31. The molecule has 2 rings (SSSR count). The van der Waals surface area contributed by atoms with Gasteiger partial charge in [0.2, 0.25) is 0 Å². The Morgan fingerprint density at radius 1 is 0.962 bits per heavy atom. The lowest BCUT2D eigenvalue weighted by atomic mass is 10.2. The molecule has 2 aromatic carbocycles. The van der Waals surface area contributed by atoms with Gasteiger partial charge in [0.15, 0.2) is 0 Å². The highest BCUT2D eigenvalue weighted by atomic mass is 32.2. The molecule has 0 radical (unpaired) electrons. The summed E-state index contributed by atoms with van der Waals surface area (Å²) in [5.41, 5.74) is 0.785. The van der Waals surface area contributed by atoms with E-state index in [4.69, 9.17) is 14.3 Å². The minimum absolute atomic E-state index is 0.0152. The van der Waals surface area contributed by atoms with Gasteiger partial charge < -0.3 is 14.8 Å². The van der Waals surface area contributed by atoms with E-state index in [2.05, 4.69) is 5.32 Å². The van der Waals surface area contributed by atoms with Crippen molar-refractivity contribution in [3.05, 3.63) is 48.0 Å². The molecule has 0 spiro atoms. The number of anilines is 1. The van der Waals surface area contributed by atoms with Crippen molar-refractivity contribution >= 4 is 21.6 Å². The molecule has 0 saturated carbocycles. The Kier molecular flexibility index (Phi) is 6.19. The molecule has 2 aromatic rings. The summed E-state index contributed by atoms with van der Waals surface area (Å²) in [7, 11) is 1.79. The molecular weight excluding hydrogens is 360 g/mol. The Balaban J connectivity index is 2.21. The van der Waals surface area contributed by atoms with Crippen molar-refractivity contribution in [2.45, 2.75) is 4.90 Å². The van der Waals surface area contributed by atoms with Crippen molar-refractivity contribution in [1.82, 2.24) is 4.47 Å². The van der Waals surface area contributed by atoms with Gasteiger partial charge in [0.1, 0.15) is 11.5 Å². The highest BCUT2D eigenvalue weighted by Gasteiger charge is 2.21. The number of benzene rings is 2. The van der Waals surface area contributed by atoms with Crippen LogP contribution in [0.2, 0.25) is 0 Å². The van der Waals surface area contributed by atoms with Crippen molar-refractivity contribution in [2.24, 2.45) is 0 Å².